The van der Waals surface area contributed by atoms with Crippen molar-refractivity contribution in [2.75, 3.05) is 19.0 Å². The number of benzene rings is 2. The zero-order chi connectivity index (χ0) is 16.8. The number of carbonyl (C=O) groups excluding carboxylic acids is 2. The molecule has 122 valence electrons. The molecule has 0 saturated heterocycles. The van der Waals surface area contributed by atoms with Crippen molar-refractivity contribution in [3.63, 3.8) is 0 Å². The first-order valence-corrected chi connectivity index (χ1v) is 7.65. The molecule has 0 fully saturated rings. The highest BCUT2D eigenvalue weighted by molar-refractivity contribution is 5.97. The predicted octanol–water partition coefficient (Wildman–Crippen LogP) is 2.95. The molecular formula is C18H22N2O3. The molecular weight excluding hydrogens is 292 g/mol. The van der Waals surface area contributed by atoms with Crippen molar-refractivity contribution in [3.8, 4) is 5.75 Å². The van der Waals surface area contributed by atoms with E-state index in [2.05, 4.69) is 10.6 Å². The van der Waals surface area contributed by atoms with E-state index in [1.54, 1.807) is 13.2 Å². The van der Waals surface area contributed by atoms with Crippen LogP contribution in [0.5, 0.6) is 5.75 Å². The normalized spacial score (nSPS) is 10.6. The molecule has 2 aromatic rings. The predicted molar refractivity (Wildman–Crippen MR) is 91.6 cm³/mol. The minimum absolute atomic E-state index is 0.0508. The Kier molecular flexibility index (Phi) is 5.57. The molecule has 2 aromatic carbocycles. The summed E-state index contributed by atoms with van der Waals surface area (Å²) in [4.78, 5) is 23.4. The van der Waals surface area contributed by atoms with Crippen LogP contribution in [0.4, 0.5) is 5.69 Å². The Balaban J connectivity index is 2.01. The summed E-state index contributed by atoms with van der Waals surface area (Å²) in [5.41, 5.74) is 0.681. The summed E-state index contributed by atoms with van der Waals surface area (Å²) in [7, 11) is 1.61. The first-order valence-electron chi connectivity index (χ1n) is 7.65. The number of nitrogens with one attached hydrogen (secondary N) is 2. The van der Waals surface area contributed by atoms with E-state index in [9.17, 15) is 9.59 Å². The monoisotopic (exact) mass is 314 g/mol. The average Bonchev–Trinajstić information content (AvgIpc) is 2.53. The van der Waals surface area contributed by atoms with Gasteiger partial charge in [-0.2, -0.15) is 0 Å². The third kappa shape index (κ3) is 4.45. The molecule has 0 unspecified atom stereocenters. The van der Waals surface area contributed by atoms with Gasteiger partial charge in [-0.15, -0.1) is 0 Å². The number of methoxy groups -OCH3 is 1. The summed E-state index contributed by atoms with van der Waals surface area (Å²) in [6.45, 7) is 3.96. The van der Waals surface area contributed by atoms with E-state index in [4.69, 9.17) is 4.74 Å². The van der Waals surface area contributed by atoms with Crippen molar-refractivity contribution in [2.45, 2.75) is 20.3 Å². The van der Waals surface area contributed by atoms with Crippen LogP contribution in [0.2, 0.25) is 0 Å². The first-order chi connectivity index (χ1) is 11.0. The molecule has 0 aliphatic carbocycles. The number of ether oxygens (including phenoxy) is 1. The van der Waals surface area contributed by atoms with E-state index < -0.39 is 0 Å². The molecule has 2 amide bonds. The van der Waals surface area contributed by atoms with Gasteiger partial charge in [0.15, 0.2) is 0 Å². The fourth-order valence-electron chi connectivity index (χ4n) is 2.24. The van der Waals surface area contributed by atoms with Gasteiger partial charge in [-0.1, -0.05) is 38.1 Å². The lowest BCUT2D eigenvalue weighted by atomic mass is 10.1. The van der Waals surface area contributed by atoms with E-state index in [0.29, 0.717) is 18.0 Å². The van der Waals surface area contributed by atoms with Crippen LogP contribution in [-0.2, 0) is 9.59 Å². The van der Waals surface area contributed by atoms with Crippen LogP contribution in [0.3, 0.4) is 0 Å². The van der Waals surface area contributed by atoms with Gasteiger partial charge in [0.2, 0.25) is 11.8 Å². The molecule has 0 bridgehead atoms. The van der Waals surface area contributed by atoms with Crippen molar-refractivity contribution in [2.24, 2.45) is 5.92 Å². The van der Waals surface area contributed by atoms with Gasteiger partial charge in [0.25, 0.3) is 0 Å². The lowest BCUT2D eigenvalue weighted by molar-refractivity contribution is -0.124. The van der Waals surface area contributed by atoms with E-state index in [1.807, 2.05) is 44.2 Å². The zero-order valence-corrected chi connectivity index (χ0v) is 13.7. The van der Waals surface area contributed by atoms with E-state index in [0.717, 1.165) is 10.8 Å². The van der Waals surface area contributed by atoms with Gasteiger partial charge in [0, 0.05) is 36.0 Å². The van der Waals surface area contributed by atoms with Crippen LogP contribution in [0.25, 0.3) is 10.8 Å². The SMILES string of the molecule is COc1cc(NC(=O)CCNC(=O)C(C)C)cc2ccccc12. The minimum atomic E-state index is -0.147. The molecule has 0 aliphatic rings. The smallest absolute Gasteiger partial charge is 0.226 e. The Morgan fingerprint density at radius 1 is 1.17 bits per heavy atom. The third-order valence-electron chi connectivity index (χ3n) is 3.50. The summed E-state index contributed by atoms with van der Waals surface area (Å²) in [5.74, 6) is 0.436. The van der Waals surface area contributed by atoms with Crippen LogP contribution >= 0.6 is 0 Å². The quantitative estimate of drug-likeness (QED) is 0.861. The summed E-state index contributed by atoms with van der Waals surface area (Å²) in [6.07, 6.45) is 0.230. The molecule has 0 radical (unpaired) electrons. The zero-order valence-electron chi connectivity index (χ0n) is 13.7. The maximum Gasteiger partial charge on any atom is 0.226 e. The second-order valence-corrected chi connectivity index (χ2v) is 5.64. The van der Waals surface area contributed by atoms with Gasteiger partial charge in [-0.3, -0.25) is 9.59 Å². The van der Waals surface area contributed by atoms with Gasteiger partial charge in [0.05, 0.1) is 7.11 Å². The molecule has 0 aliphatic heterocycles. The van der Waals surface area contributed by atoms with Crippen molar-refractivity contribution in [1.82, 2.24) is 5.32 Å². The second-order valence-electron chi connectivity index (χ2n) is 5.64. The Morgan fingerprint density at radius 3 is 2.61 bits per heavy atom. The highest BCUT2D eigenvalue weighted by atomic mass is 16.5. The Hall–Kier alpha value is -2.56. The maximum atomic E-state index is 12.0. The number of carbonyl (C=O) groups is 2. The fraction of sp³-hybridized carbons (Fsp3) is 0.333. The molecule has 2 N–H and O–H groups in total. The molecule has 2 rings (SSSR count). The molecule has 0 atom stereocenters. The Labute approximate surface area is 136 Å². The number of amides is 2. The number of anilines is 1. The molecule has 0 spiro atoms. The van der Waals surface area contributed by atoms with Crippen LogP contribution in [0.1, 0.15) is 20.3 Å². The highest BCUT2D eigenvalue weighted by Crippen LogP contribution is 2.29. The van der Waals surface area contributed by atoms with Crippen LogP contribution in [-0.4, -0.2) is 25.5 Å². The van der Waals surface area contributed by atoms with Crippen LogP contribution in [0.15, 0.2) is 36.4 Å². The van der Waals surface area contributed by atoms with Crippen LogP contribution < -0.4 is 15.4 Å². The van der Waals surface area contributed by atoms with Crippen molar-refractivity contribution in [1.29, 1.82) is 0 Å². The van der Waals surface area contributed by atoms with Gasteiger partial charge in [-0.25, -0.2) is 0 Å². The van der Waals surface area contributed by atoms with Gasteiger partial charge in [-0.05, 0) is 11.5 Å². The number of hydrogen-bond donors (Lipinski definition) is 2. The van der Waals surface area contributed by atoms with E-state index >= 15 is 0 Å². The van der Waals surface area contributed by atoms with Crippen molar-refractivity contribution in [3.05, 3.63) is 36.4 Å². The maximum absolute atomic E-state index is 12.0. The fourth-order valence-corrected chi connectivity index (χ4v) is 2.24. The largest absolute Gasteiger partial charge is 0.496 e. The molecule has 23 heavy (non-hydrogen) atoms. The first kappa shape index (κ1) is 16.8. The topological polar surface area (TPSA) is 67.4 Å². The molecule has 0 aromatic heterocycles. The highest BCUT2D eigenvalue weighted by Gasteiger charge is 2.09. The van der Waals surface area contributed by atoms with Gasteiger partial charge in [0.1, 0.15) is 5.75 Å². The summed E-state index contributed by atoms with van der Waals surface area (Å²) in [6, 6.07) is 11.5. The van der Waals surface area contributed by atoms with Gasteiger partial charge >= 0.3 is 0 Å². The summed E-state index contributed by atoms with van der Waals surface area (Å²) >= 11 is 0. The summed E-state index contributed by atoms with van der Waals surface area (Å²) < 4.78 is 5.38. The van der Waals surface area contributed by atoms with E-state index in [1.165, 1.54) is 0 Å². The molecule has 0 saturated carbocycles. The second kappa shape index (κ2) is 7.63. The standard InChI is InChI=1S/C18H22N2O3/c1-12(2)18(22)19-9-8-17(21)20-14-10-13-6-4-5-7-15(13)16(11-14)23-3/h4-7,10-12H,8-9H2,1-3H3,(H,19,22)(H,20,21). The van der Waals surface area contributed by atoms with Crippen molar-refractivity contribution < 1.29 is 14.3 Å². The third-order valence-corrected chi connectivity index (χ3v) is 3.50. The number of fused-ring (bicyclic) bond motifs is 1. The molecule has 5 nitrogen and oxygen atoms in total. The molecule has 0 heterocycles. The lowest BCUT2D eigenvalue weighted by Gasteiger charge is -2.11. The number of hydrogen-bond acceptors (Lipinski definition) is 3. The summed E-state index contributed by atoms with van der Waals surface area (Å²) in [5, 5.41) is 7.56. The lowest BCUT2D eigenvalue weighted by Crippen LogP contribution is -2.30. The van der Waals surface area contributed by atoms with E-state index in [-0.39, 0.29) is 24.2 Å². The Morgan fingerprint density at radius 2 is 1.91 bits per heavy atom. The minimum Gasteiger partial charge on any atom is -0.496 e. The van der Waals surface area contributed by atoms with Crippen LogP contribution in [0, 0.1) is 5.92 Å². The van der Waals surface area contributed by atoms with Crippen molar-refractivity contribution >= 4 is 28.3 Å². The Bertz CT molecular complexity index is 710. The molecule has 5 heteroatoms. The van der Waals surface area contributed by atoms with Gasteiger partial charge < -0.3 is 15.4 Å². The number of rotatable bonds is 6. The average molecular weight is 314 g/mol.